The van der Waals surface area contributed by atoms with Crippen molar-refractivity contribution >= 4 is 17.5 Å². The van der Waals surface area contributed by atoms with Crippen molar-refractivity contribution in [2.24, 2.45) is 22.6 Å². The van der Waals surface area contributed by atoms with Gasteiger partial charge in [-0.15, -0.1) is 0 Å². The minimum absolute atomic E-state index is 0.125. The van der Waals surface area contributed by atoms with E-state index < -0.39 is 5.97 Å². The largest absolute Gasteiger partial charge is 0.481 e. The maximum atomic E-state index is 11.5. The number of aliphatic imine (C=N–C) groups is 1. The van der Waals surface area contributed by atoms with E-state index in [1.165, 1.54) is 29.7 Å². The molecule has 7 nitrogen and oxygen atoms in total. The van der Waals surface area contributed by atoms with Crippen molar-refractivity contribution in [1.29, 1.82) is 0 Å². The minimum atomic E-state index is -0.666. The Kier molecular flexibility index (Phi) is 4.32. The van der Waals surface area contributed by atoms with Crippen molar-refractivity contribution in [2.75, 3.05) is 5.32 Å². The molecular formula is C25H31N5O2. The Morgan fingerprint density at radius 1 is 1.22 bits per heavy atom. The summed E-state index contributed by atoms with van der Waals surface area (Å²) in [6, 6.07) is 6.81. The summed E-state index contributed by atoms with van der Waals surface area (Å²) < 4.78 is 0. The molecule has 6 rings (SSSR count). The van der Waals surface area contributed by atoms with E-state index in [-0.39, 0.29) is 17.6 Å². The van der Waals surface area contributed by atoms with Crippen LogP contribution in [0.3, 0.4) is 0 Å². The van der Waals surface area contributed by atoms with Gasteiger partial charge >= 0.3 is 5.97 Å². The van der Waals surface area contributed by atoms with Gasteiger partial charge in [0, 0.05) is 30.4 Å². The number of fused-ring (bicyclic) bond motifs is 2. The highest BCUT2D eigenvalue weighted by Gasteiger charge is 2.50. The molecule has 0 spiro atoms. The van der Waals surface area contributed by atoms with Crippen LogP contribution in [0.25, 0.3) is 0 Å². The molecule has 1 aromatic carbocycles. The molecule has 2 unspecified atom stereocenters. The summed E-state index contributed by atoms with van der Waals surface area (Å²) >= 11 is 0. The number of rotatable bonds is 4. The highest BCUT2D eigenvalue weighted by Crippen LogP contribution is 2.48. The van der Waals surface area contributed by atoms with Gasteiger partial charge in [-0.05, 0) is 62.5 Å². The van der Waals surface area contributed by atoms with Crippen LogP contribution >= 0.6 is 0 Å². The summed E-state index contributed by atoms with van der Waals surface area (Å²) in [7, 11) is 0. The third-order valence-corrected chi connectivity index (χ3v) is 8.22. The molecule has 1 aromatic rings. The lowest BCUT2D eigenvalue weighted by molar-refractivity contribution is -0.143. The summed E-state index contributed by atoms with van der Waals surface area (Å²) in [5, 5.41) is 17.1. The molecule has 2 aliphatic carbocycles. The van der Waals surface area contributed by atoms with E-state index in [1.54, 1.807) is 6.20 Å². The summed E-state index contributed by atoms with van der Waals surface area (Å²) in [6.45, 7) is 2.23. The lowest BCUT2D eigenvalue weighted by Gasteiger charge is -2.45. The van der Waals surface area contributed by atoms with Gasteiger partial charge in [0.05, 0.1) is 17.7 Å². The van der Waals surface area contributed by atoms with Crippen molar-refractivity contribution in [2.45, 2.75) is 69.5 Å². The van der Waals surface area contributed by atoms with Crippen molar-refractivity contribution in [3.63, 3.8) is 0 Å². The van der Waals surface area contributed by atoms with Crippen molar-refractivity contribution < 1.29 is 9.90 Å². The molecule has 168 valence electrons. The maximum absolute atomic E-state index is 11.5. The molecule has 0 radical (unpaired) electrons. The van der Waals surface area contributed by atoms with E-state index in [1.807, 2.05) is 6.20 Å². The number of nitrogens with two attached hydrogens (primary N) is 1. The van der Waals surface area contributed by atoms with E-state index in [0.717, 1.165) is 43.5 Å². The average Bonchev–Trinajstić information content (AvgIpc) is 3.46. The van der Waals surface area contributed by atoms with Crippen LogP contribution in [-0.2, 0) is 11.2 Å². The average molecular weight is 434 g/mol. The molecule has 5 aliphatic rings. The number of carboxylic acid groups (broad SMARTS) is 1. The van der Waals surface area contributed by atoms with Crippen molar-refractivity contribution in [3.05, 3.63) is 53.1 Å². The normalized spacial score (nSPS) is 33.3. The second-order valence-corrected chi connectivity index (χ2v) is 10.2. The number of nitrogens with zero attached hydrogens (tertiary/aromatic N) is 2. The highest BCUT2D eigenvalue weighted by molar-refractivity contribution is 5.99. The van der Waals surface area contributed by atoms with Crippen LogP contribution in [0.1, 0.15) is 62.5 Å². The first-order chi connectivity index (χ1) is 15.5. The number of aliphatic carboxylic acids is 1. The number of carbonyl (C=O) groups is 1. The van der Waals surface area contributed by atoms with E-state index in [2.05, 4.69) is 45.6 Å². The summed E-state index contributed by atoms with van der Waals surface area (Å²) in [4.78, 5) is 18.1. The van der Waals surface area contributed by atoms with Crippen molar-refractivity contribution in [1.82, 2.24) is 10.2 Å². The zero-order valence-electron chi connectivity index (χ0n) is 18.5. The third kappa shape index (κ3) is 2.93. The first-order valence-electron chi connectivity index (χ1n) is 11.9. The predicted molar refractivity (Wildman–Crippen MR) is 124 cm³/mol. The van der Waals surface area contributed by atoms with Gasteiger partial charge < -0.3 is 26.4 Å². The van der Waals surface area contributed by atoms with Crippen LogP contribution in [-0.4, -0.2) is 33.5 Å². The number of amidine groups is 1. The van der Waals surface area contributed by atoms with E-state index in [4.69, 9.17) is 5.73 Å². The Morgan fingerprint density at radius 2 is 2.00 bits per heavy atom. The second-order valence-electron chi connectivity index (χ2n) is 10.2. The molecule has 5 N–H and O–H groups in total. The highest BCUT2D eigenvalue weighted by atomic mass is 16.4. The fraction of sp³-hybridized carbons (Fsp3) is 0.520. The van der Waals surface area contributed by atoms with E-state index in [0.29, 0.717) is 17.7 Å². The zero-order valence-corrected chi connectivity index (χ0v) is 18.5. The maximum Gasteiger partial charge on any atom is 0.306 e. The number of hydrogen-bond acceptors (Lipinski definition) is 6. The Labute approximate surface area is 188 Å². The van der Waals surface area contributed by atoms with Gasteiger partial charge in [0.15, 0.2) is 0 Å². The molecule has 0 saturated heterocycles. The molecule has 3 aliphatic heterocycles. The van der Waals surface area contributed by atoms with Crippen LogP contribution < -0.4 is 16.4 Å². The van der Waals surface area contributed by atoms with Gasteiger partial charge in [-0.2, -0.15) is 0 Å². The van der Waals surface area contributed by atoms with E-state index in [9.17, 15) is 9.90 Å². The molecule has 32 heavy (non-hydrogen) atoms. The topological polar surface area (TPSA) is 103 Å². The summed E-state index contributed by atoms with van der Waals surface area (Å²) in [6.07, 6.45) is 10.5. The fourth-order valence-electron chi connectivity index (χ4n) is 6.26. The molecule has 0 amide bonds. The number of carboxylic acids is 1. The van der Waals surface area contributed by atoms with Crippen LogP contribution in [0.2, 0.25) is 0 Å². The molecule has 2 saturated carbocycles. The van der Waals surface area contributed by atoms with Gasteiger partial charge in [-0.1, -0.05) is 18.2 Å². The predicted octanol–water partition coefficient (Wildman–Crippen LogP) is 3.47. The Balaban J connectivity index is 1.30. The number of benzene rings is 1. The smallest absolute Gasteiger partial charge is 0.306 e. The molecule has 2 fully saturated rings. The first-order valence-corrected chi connectivity index (χ1v) is 11.9. The van der Waals surface area contributed by atoms with Gasteiger partial charge in [0.25, 0.3) is 0 Å². The Hall–Kier alpha value is -2.96. The van der Waals surface area contributed by atoms with E-state index >= 15 is 0 Å². The monoisotopic (exact) mass is 433 g/mol. The second kappa shape index (κ2) is 7.02. The Morgan fingerprint density at radius 3 is 2.72 bits per heavy atom. The van der Waals surface area contributed by atoms with Crippen molar-refractivity contribution in [3.8, 4) is 0 Å². The van der Waals surface area contributed by atoms with Gasteiger partial charge in [0.2, 0.25) is 0 Å². The molecular weight excluding hydrogens is 402 g/mol. The summed E-state index contributed by atoms with van der Waals surface area (Å²) in [5.41, 5.74) is 12.3. The number of nitrogens with one attached hydrogen (secondary N) is 2. The number of hydrogen-bond donors (Lipinski definition) is 4. The van der Waals surface area contributed by atoms with Gasteiger partial charge in [0.1, 0.15) is 17.2 Å². The van der Waals surface area contributed by atoms with Crippen LogP contribution in [0.5, 0.6) is 0 Å². The molecule has 0 aromatic heterocycles. The lowest BCUT2D eigenvalue weighted by atomic mass is 9.75. The summed E-state index contributed by atoms with van der Waals surface area (Å²) in [5.74, 6) is 0.672. The SMILES string of the molecule is CC1(C2CCC(C(=O)O)CC2)NC(C2Cc3cccc(C4CC4)c3N2)=C2C(N)=NC=CN21. The van der Waals surface area contributed by atoms with Crippen LogP contribution in [0.4, 0.5) is 5.69 Å². The molecule has 0 bridgehead atoms. The Bertz CT molecular complexity index is 1060. The zero-order chi connectivity index (χ0) is 22.0. The molecule has 7 heteroatoms. The third-order valence-electron chi connectivity index (χ3n) is 8.22. The van der Waals surface area contributed by atoms with Crippen LogP contribution in [0.15, 0.2) is 47.0 Å². The molecule has 3 heterocycles. The number of para-hydroxylation sites is 1. The standard InChI is InChI=1S/C25H31N5O2/c1-25(17-9-7-15(8-10-17)24(31)32)29-21(22-23(26)27-11-12-30(22)25)19-13-16-3-2-4-18(14-5-6-14)20(16)28-19/h2-4,11-12,14-15,17,19,28-29H,5-10,13H2,1H3,(H2,26,27)(H,31,32). The minimum Gasteiger partial charge on any atom is -0.481 e. The fourth-order valence-corrected chi connectivity index (χ4v) is 6.26. The number of anilines is 1. The first kappa shape index (κ1) is 19.7. The van der Waals surface area contributed by atoms with Crippen LogP contribution in [0, 0.1) is 11.8 Å². The lowest BCUT2D eigenvalue weighted by Crippen LogP contribution is -2.56. The quantitative estimate of drug-likeness (QED) is 0.580. The van der Waals surface area contributed by atoms with Gasteiger partial charge in [-0.3, -0.25) is 4.79 Å². The molecule has 2 atom stereocenters. The van der Waals surface area contributed by atoms with Gasteiger partial charge in [-0.25, -0.2) is 4.99 Å².